The number of aromatic hydroxyl groups is 1. The summed E-state index contributed by atoms with van der Waals surface area (Å²) in [6.45, 7) is 4.06. The summed E-state index contributed by atoms with van der Waals surface area (Å²) in [7, 11) is 0. The molecule has 0 aliphatic rings. The van der Waals surface area contributed by atoms with Gasteiger partial charge in [-0.3, -0.25) is 4.57 Å². The number of aromatic nitrogens is 4. The summed E-state index contributed by atoms with van der Waals surface area (Å²) in [4.78, 5) is 4.50. The van der Waals surface area contributed by atoms with E-state index >= 15 is 0 Å². The van der Waals surface area contributed by atoms with E-state index in [2.05, 4.69) is 15.2 Å². The summed E-state index contributed by atoms with van der Waals surface area (Å²) >= 11 is 0. The number of phenolic OH excluding ortho intramolecular Hbond substituents is 1. The Bertz CT molecular complexity index is 964. The van der Waals surface area contributed by atoms with Gasteiger partial charge < -0.3 is 9.52 Å². The Morgan fingerprint density at radius 1 is 1.00 bits per heavy atom. The Labute approximate surface area is 132 Å². The van der Waals surface area contributed by atoms with Crippen LogP contribution < -0.4 is 0 Å². The summed E-state index contributed by atoms with van der Waals surface area (Å²) in [5, 5.41) is 17.8. The van der Waals surface area contributed by atoms with Crippen LogP contribution in [0.4, 0.5) is 0 Å². The van der Waals surface area contributed by atoms with Gasteiger partial charge in [-0.05, 0) is 55.3 Å². The van der Waals surface area contributed by atoms with Crippen LogP contribution in [0.1, 0.15) is 11.1 Å². The molecule has 2 aromatic heterocycles. The van der Waals surface area contributed by atoms with Crippen LogP contribution in [-0.4, -0.2) is 24.9 Å². The third-order valence-electron chi connectivity index (χ3n) is 3.93. The number of oxazole rings is 1. The summed E-state index contributed by atoms with van der Waals surface area (Å²) in [5.41, 5.74) is 5.12. The number of nitrogens with zero attached hydrogens (tertiary/aromatic N) is 4. The van der Waals surface area contributed by atoms with Crippen LogP contribution in [0.2, 0.25) is 0 Å². The van der Waals surface area contributed by atoms with Crippen molar-refractivity contribution in [3.8, 4) is 22.9 Å². The molecule has 4 aromatic rings. The maximum absolute atomic E-state index is 10.2. The first-order valence-electron chi connectivity index (χ1n) is 7.18. The van der Waals surface area contributed by atoms with Crippen molar-refractivity contribution in [1.29, 1.82) is 0 Å². The van der Waals surface area contributed by atoms with Gasteiger partial charge in [0.25, 0.3) is 0 Å². The topological polar surface area (TPSA) is 77.0 Å². The fraction of sp³-hybridized carbons (Fsp3) is 0.118. The molecule has 114 valence electrons. The van der Waals surface area contributed by atoms with Crippen LogP contribution in [0, 0.1) is 13.8 Å². The highest BCUT2D eigenvalue weighted by atomic mass is 16.3. The van der Waals surface area contributed by atoms with E-state index in [9.17, 15) is 5.11 Å². The molecule has 6 heteroatoms. The molecule has 0 bridgehead atoms. The number of benzene rings is 2. The average molecular weight is 306 g/mol. The molecule has 0 saturated heterocycles. The fourth-order valence-electron chi connectivity index (χ4n) is 2.49. The SMILES string of the molecule is Cc1cc2nc(-c3cc(-n4cnnc4)ccc3O)oc2cc1C. The minimum atomic E-state index is 0.113. The molecular weight excluding hydrogens is 292 g/mol. The van der Waals surface area contributed by atoms with Crippen LogP contribution >= 0.6 is 0 Å². The Kier molecular flexibility index (Phi) is 2.90. The highest BCUT2D eigenvalue weighted by Gasteiger charge is 2.14. The van der Waals surface area contributed by atoms with E-state index in [0.29, 0.717) is 17.0 Å². The molecule has 2 aromatic carbocycles. The van der Waals surface area contributed by atoms with E-state index in [0.717, 1.165) is 22.3 Å². The van der Waals surface area contributed by atoms with Gasteiger partial charge in [0.15, 0.2) is 5.58 Å². The van der Waals surface area contributed by atoms with Crippen LogP contribution in [0.5, 0.6) is 5.75 Å². The smallest absolute Gasteiger partial charge is 0.231 e. The van der Waals surface area contributed by atoms with Crippen molar-refractivity contribution in [2.45, 2.75) is 13.8 Å². The first-order chi connectivity index (χ1) is 11.1. The van der Waals surface area contributed by atoms with Gasteiger partial charge in [-0.1, -0.05) is 0 Å². The number of aryl methyl sites for hydroxylation is 2. The molecule has 0 radical (unpaired) electrons. The van der Waals surface area contributed by atoms with Crippen molar-refractivity contribution in [2.24, 2.45) is 0 Å². The second-order valence-electron chi connectivity index (χ2n) is 5.49. The standard InChI is InChI=1S/C17H14N4O2/c1-10-5-14-16(6-11(10)2)23-17(20-14)13-7-12(3-4-15(13)22)21-8-18-19-9-21/h3-9,22H,1-2H3. The molecule has 0 spiro atoms. The van der Waals surface area contributed by atoms with E-state index < -0.39 is 0 Å². The van der Waals surface area contributed by atoms with Crippen molar-refractivity contribution in [3.63, 3.8) is 0 Å². The fourth-order valence-corrected chi connectivity index (χ4v) is 2.49. The summed E-state index contributed by atoms with van der Waals surface area (Å²) in [5.74, 6) is 0.499. The van der Waals surface area contributed by atoms with Gasteiger partial charge in [-0.2, -0.15) is 0 Å². The van der Waals surface area contributed by atoms with Crippen molar-refractivity contribution < 1.29 is 9.52 Å². The molecule has 0 aliphatic carbocycles. The van der Waals surface area contributed by atoms with Crippen molar-refractivity contribution in [2.75, 3.05) is 0 Å². The molecule has 0 fully saturated rings. The molecule has 0 amide bonds. The molecule has 2 heterocycles. The lowest BCUT2D eigenvalue weighted by molar-refractivity contribution is 0.474. The quantitative estimate of drug-likeness (QED) is 0.614. The molecule has 0 saturated carbocycles. The third-order valence-corrected chi connectivity index (χ3v) is 3.93. The zero-order valence-corrected chi connectivity index (χ0v) is 12.7. The molecule has 1 N–H and O–H groups in total. The van der Waals surface area contributed by atoms with E-state index in [1.807, 2.05) is 26.0 Å². The molecule has 6 nitrogen and oxygen atoms in total. The minimum absolute atomic E-state index is 0.113. The predicted octanol–water partition coefficient (Wildman–Crippen LogP) is 3.40. The van der Waals surface area contributed by atoms with Gasteiger partial charge >= 0.3 is 0 Å². The lowest BCUT2D eigenvalue weighted by Gasteiger charge is -2.05. The van der Waals surface area contributed by atoms with Gasteiger partial charge in [0.2, 0.25) is 5.89 Å². The molecular formula is C17H14N4O2. The number of hydrogen-bond donors (Lipinski definition) is 1. The van der Waals surface area contributed by atoms with Crippen LogP contribution in [0.15, 0.2) is 47.4 Å². The van der Waals surface area contributed by atoms with Gasteiger partial charge in [0, 0.05) is 5.69 Å². The lowest BCUT2D eigenvalue weighted by Crippen LogP contribution is -1.91. The van der Waals surface area contributed by atoms with Gasteiger partial charge in [0.1, 0.15) is 23.9 Å². The first-order valence-corrected chi connectivity index (χ1v) is 7.18. The molecule has 4 rings (SSSR count). The van der Waals surface area contributed by atoms with E-state index in [-0.39, 0.29) is 5.75 Å². The zero-order valence-electron chi connectivity index (χ0n) is 12.7. The van der Waals surface area contributed by atoms with Crippen molar-refractivity contribution >= 4 is 11.1 Å². The second kappa shape index (κ2) is 4.95. The summed E-state index contributed by atoms with van der Waals surface area (Å²) in [6.07, 6.45) is 3.18. The molecule has 0 atom stereocenters. The normalized spacial score (nSPS) is 11.2. The minimum Gasteiger partial charge on any atom is -0.507 e. The average Bonchev–Trinajstić information content (AvgIpc) is 3.18. The van der Waals surface area contributed by atoms with Gasteiger partial charge in [-0.25, -0.2) is 4.98 Å². The molecule has 0 aliphatic heterocycles. The van der Waals surface area contributed by atoms with Crippen LogP contribution in [0.25, 0.3) is 28.2 Å². The summed E-state index contributed by atoms with van der Waals surface area (Å²) < 4.78 is 7.58. The van der Waals surface area contributed by atoms with Crippen molar-refractivity contribution in [1.82, 2.24) is 19.7 Å². The highest BCUT2D eigenvalue weighted by Crippen LogP contribution is 2.33. The maximum Gasteiger partial charge on any atom is 0.231 e. The Balaban J connectivity index is 1.88. The van der Waals surface area contributed by atoms with Gasteiger partial charge in [-0.15, -0.1) is 10.2 Å². The summed E-state index contributed by atoms with van der Waals surface area (Å²) in [6, 6.07) is 9.12. The van der Waals surface area contributed by atoms with E-state index in [4.69, 9.17) is 4.42 Å². The lowest BCUT2D eigenvalue weighted by atomic mass is 10.1. The number of hydrogen-bond acceptors (Lipinski definition) is 5. The second-order valence-corrected chi connectivity index (χ2v) is 5.49. The van der Waals surface area contributed by atoms with E-state index in [1.165, 1.54) is 0 Å². The first kappa shape index (κ1) is 13.5. The van der Waals surface area contributed by atoms with Crippen LogP contribution in [0.3, 0.4) is 0 Å². The predicted molar refractivity (Wildman–Crippen MR) is 85.5 cm³/mol. The van der Waals surface area contributed by atoms with Gasteiger partial charge in [0.05, 0.1) is 5.56 Å². The highest BCUT2D eigenvalue weighted by molar-refractivity contribution is 5.79. The Morgan fingerprint density at radius 3 is 2.52 bits per heavy atom. The van der Waals surface area contributed by atoms with Crippen molar-refractivity contribution in [3.05, 3.63) is 54.1 Å². The number of phenols is 1. The van der Waals surface area contributed by atoms with E-state index in [1.54, 1.807) is 35.4 Å². The number of rotatable bonds is 2. The Morgan fingerprint density at radius 2 is 1.74 bits per heavy atom. The number of fused-ring (bicyclic) bond motifs is 1. The Hall–Kier alpha value is -3.15. The van der Waals surface area contributed by atoms with Crippen LogP contribution in [-0.2, 0) is 0 Å². The largest absolute Gasteiger partial charge is 0.507 e. The zero-order chi connectivity index (χ0) is 16.0. The maximum atomic E-state index is 10.2. The third kappa shape index (κ3) is 2.24. The molecule has 0 unspecified atom stereocenters. The molecule has 23 heavy (non-hydrogen) atoms. The monoisotopic (exact) mass is 306 g/mol.